The maximum atomic E-state index is 11.6. The van der Waals surface area contributed by atoms with Gasteiger partial charge in [-0.25, -0.2) is 4.79 Å². The summed E-state index contributed by atoms with van der Waals surface area (Å²) < 4.78 is 5.21. The second-order valence-electron chi connectivity index (χ2n) is 10.00. The fourth-order valence-electron chi connectivity index (χ4n) is 5.16. The monoisotopic (exact) mass is 462 g/mol. The molecule has 3 heteroatoms. The Bertz CT molecular complexity index is 920. The van der Waals surface area contributed by atoms with Crippen LogP contribution in [-0.2, 0) is 22.6 Å². The van der Waals surface area contributed by atoms with Gasteiger partial charge in [-0.1, -0.05) is 81.7 Å². The molecule has 1 N–H and O–H groups in total. The zero-order valence-electron chi connectivity index (χ0n) is 21.2. The van der Waals surface area contributed by atoms with Crippen molar-refractivity contribution in [2.45, 2.75) is 90.6 Å². The number of carbonyl (C=O) groups is 1. The molecule has 0 unspecified atom stereocenters. The van der Waals surface area contributed by atoms with E-state index < -0.39 is 0 Å². The minimum absolute atomic E-state index is 0.0151. The summed E-state index contributed by atoms with van der Waals surface area (Å²) >= 11 is 0. The summed E-state index contributed by atoms with van der Waals surface area (Å²) in [6, 6.07) is 15.4. The molecule has 0 aliphatic heterocycles. The highest BCUT2D eigenvalue weighted by molar-refractivity contribution is 5.86. The highest BCUT2D eigenvalue weighted by Crippen LogP contribution is 2.38. The van der Waals surface area contributed by atoms with Crippen molar-refractivity contribution in [1.82, 2.24) is 0 Å². The van der Waals surface area contributed by atoms with E-state index in [1.54, 1.807) is 6.92 Å². The second kappa shape index (κ2) is 13.5. The Balaban J connectivity index is 1.58. The van der Waals surface area contributed by atoms with E-state index in [2.05, 4.69) is 49.9 Å². The summed E-state index contributed by atoms with van der Waals surface area (Å²) in [5.74, 6) is 1.29. The standard InChI is InChI=1S/C31H42O3/c1-4-5-6-8-24-10-12-25(13-11-24)26-14-16-27(17-15-26)29-18-19-30(22-32)28(21-29)9-7-20-34-31(33)23(2)3/h14-19,21,24-25,32H,2,4-13,20,22H2,1,3H3. The first kappa shape index (κ1) is 26.2. The van der Waals surface area contributed by atoms with E-state index in [0.717, 1.165) is 35.4 Å². The zero-order valence-corrected chi connectivity index (χ0v) is 21.2. The van der Waals surface area contributed by atoms with Gasteiger partial charge < -0.3 is 9.84 Å². The van der Waals surface area contributed by atoms with Gasteiger partial charge in [-0.05, 0) is 85.1 Å². The fraction of sp³-hybridized carbons (Fsp3) is 0.516. The number of esters is 1. The normalized spacial score (nSPS) is 18.0. The number of rotatable bonds is 12. The number of aliphatic hydroxyl groups excluding tert-OH is 1. The molecule has 2 aromatic rings. The van der Waals surface area contributed by atoms with E-state index in [0.29, 0.717) is 18.1 Å². The van der Waals surface area contributed by atoms with Crippen molar-refractivity contribution in [3.8, 4) is 11.1 Å². The number of carbonyl (C=O) groups excluding carboxylic acids is 1. The molecule has 0 heterocycles. The van der Waals surface area contributed by atoms with Crippen LogP contribution in [0.5, 0.6) is 0 Å². The Morgan fingerprint density at radius 3 is 2.32 bits per heavy atom. The molecule has 184 valence electrons. The molecule has 3 nitrogen and oxygen atoms in total. The molecule has 3 rings (SSSR count). The van der Waals surface area contributed by atoms with Gasteiger partial charge in [0.15, 0.2) is 0 Å². The summed E-state index contributed by atoms with van der Waals surface area (Å²) in [6.45, 7) is 7.92. The van der Waals surface area contributed by atoms with Crippen molar-refractivity contribution in [2.75, 3.05) is 6.61 Å². The molecule has 34 heavy (non-hydrogen) atoms. The third-order valence-electron chi connectivity index (χ3n) is 7.33. The number of benzene rings is 2. The van der Waals surface area contributed by atoms with Crippen molar-refractivity contribution in [2.24, 2.45) is 5.92 Å². The molecule has 2 aromatic carbocycles. The molecule has 0 aromatic heterocycles. The predicted octanol–water partition coefficient (Wildman–Crippen LogP) is 7.75. The molecular formula is C31H42O3. The van der Waals surface area contributed by atoms with Gasteiger partial charge >= 0.3 is 5.97 Å². The van der Waals surface area contributed by atoms with Crippen LogP contribution < -0.4 is 0 Å². The second-order valence-corrected chi connectivity index (χ2v) is 10.00. The van der Waals surface area contributed by atoms with Gasteiger partial charge in [0.2, 0.25) is 0 Å². The van der Waals surface area contributed by atoms with E-state index >= 15 is 0 Å². The molecule has 0 atom stereocenters. The van der Waals surface area contributed by atoms with E-state index in [9.17, 15) is 9.90 Å². The average molecular weight is 463 g/mol. The minimum Gasteiger partial charge on any atom is -0.462 e. The van der Waals surface area contributed by atoms with Gasteiger partial charge in [0.1, 0.15) is 0 Å². The first-order valence-corrected chi connectivity index (χ1v) is 13.2. The molecule has 1 fully saturated rings. The minimum atomic E-state index is -0.346. The van der Waals surface area contributed by atoms with Crippen LogP contribution in [0.1, 0.15) is 94.2 Å². The van der Waals surface area contributed by atoms with Crippen LogP contribution in [0.3, 0.4) is 0 Å². The Hall–Kier alpha value is -2.39. The topological polar surface area (TPSA) is 46.5 Å². The maximum Gasteiger partial charge on any atom is 0.333 e. The van der Waals surface area contributed by atoms with Crippen LogP contribution in [-0.4, -0.2) is 17.7 Å². The van der Waals surface area contributed by atoms with Gasteiger partial charge in [0.05, 0.1) is 13.2 Å². The lowest BCUT2D eigenvalue weighted by Gasteiger charge is -2.29. The highest BCUT2D eigenvalue weighted by atomic mass is 16.5. The van der Waals surface area contributed by atoms with Crippen LogP contribution in [0.15, 0.2) is 54.6 Å². The Labute approximate surface area is 206 Å². The van der Waals surface area contributed by atoms with Crippen molar-refractivity contribution in [3.63, 3.8) is 0 Å². The lowest BCUT2D eigenvalue weighted by atomic mass is 9.77. The van der Waals surface area contributed by atoms with Gasteiger partial charge in [-0.3, -0.25) is 0 Å². The summed E-state index contributed by atoms with van der Waals surface area (Å²) in [4.78, 5) is 11.6. The van der Waals surface area contributed by atoms with Gasteiger partial charge in [-0.15, -0.1) is 0 Å². The summed E-state index contributed by atoms with van der Waals surface area (Å²) in [7, 11) is 0. The number of hydrogen-bond acceptors (Lipinski definition) is 3. The zero-order chi connectivity index (χ0) is 24.3. The number of unbranched alkanes of at least 4 members (excludes halogenated alkanes) is 2. The van der Waals surface area contributed by atoms with Gasteiger partial charge in [-0.2, -0.15) is 0 Å². The SMILES string of the molecule is C=C(C)C(=O)OCCCc1cc(-c2ccc(C3CCC(CCCCC)CC3)cc2)ccc1CO. The van der Waals surface area contributed by atoms with E-state index in [1.165, 1.54) is 62.5 Å². The van der Waals surface area contributed by atoms with Crippen molar-refractivity contribution in [1.29, 1.82) is 0 Å². The molecule has 1 aliphatic carbocycles. The molecule has 0 radical (unpaired) electrons. The fourth-order valence-corrected chi connectivity index (χ4v) is 5.16. The number of ether oxygens (including phenoxy) is 1. The molecular weight excluding hydrogens is 420 g/mol. The summed E-state index contributed by atoms with van der Waals surface area (Å²) in [5, 5.41) is 9.76. The lowest BCUT2D eigenvalue weighted by molar-refractivity contribution is -0.139. The van der Waals surface area contributed by atoms with Crippen LogP contribution in [0.2, 0.25) is 0 Å². The molecule has 0 spiro atoms. The van der Waals surface area contributed by atoms with E-state index in [-0.39, 0.29) is 12.6 Å². The summed E-state index contributed by atoms with van der Waals surface area (Å²) in [5.41, 5.74) is 6.30. The molecule has 0 amide bonds. The lowest BCUT2D eigenvalue weighted by Crippen LogP contribution is -2.13. The molecule has 1 aliphatic rings. The molecule has 0 bridgehead atoms. The van der Waals surface area contributed by atoms with E-state index in [4.69, 9.17) is 4.74 Å². The molecule has 0 saturated heterocycles. The van der Waals surface area contributed by atoms with E-state index in [1.807, 2.05) is 6.07 Å². The van der Waals surface area contributed by atoms with Crippen molar-refractivity contribution < 1.29 is 14.6 Å². The third-order valence-corrected chi connectivity index (χ3v) is 7.33. The first-order valence-electron chi connectivity index (χ1n) is 13.2. The van der Waals surface area contributed by atoms with Crippen LogP contribution in [0.4, 0.5) is 0 Å². The van der Waals surface area contributed by atoms with Crippen LogP contribution in [0.25, 0.3) is 11.1 Å². The smallest absolute Gasteiger partial charge is 0.333 e. The number of aryl methyl sites for hydroxylation is 1. The Morgan fingerprint density at radius 2 is 1.68 bits per heavy atom. The quantitative estimate of drug-likeness (QED) is 0.199. The average Bonchev–Trinajstić information content (AvgIpc) is 2.87. The summed E-state index contributed by atoms with van der Waals surface area (Å²) in [6.07, 6.45) is 12.4. The first-order chi connectivity index (χ1) is 16.5. The predicted molar refractivity (Wildman–Crippen MR) is 141 cm³/mol. The maximum absolute atomic E-state index is 11.6. The van der Waals surface area contributed by atoms with Gasteiger partial charge in [0, 0.05) is 5.57 Å². The Kier molecular flexibility index (Phi) is 10.4. The van der Waals surface area contributed by atoms with Crippen molar-refractivity contribution >= 4 is 5.97 Å². The van der Waals surface area contributed by atoms with Crippen LogP contribution >= 0.6 is 0 Å². The van der Waals surface area contributed by atoms with Crippen LogP contribution in [0, 0.1) is 5.92 Å². The largest absolute Gasteiger partial charge is 0.462 e. The third kappa shape index (κ3) is 7.56. The van der Waals surface area contributed by atoms with Crippen molar-refractivity contribution in [3.05, 3.63) is 71.3 Å². The number of hydrogen-bond donors (Lipinski definition) is 1. The number of aliphatic hydroxyl groups is 1. The van der Waals surface area contributed by atoms with Gasteiger partial charge in [0.25, 0.3) is 0 Å². The highest BCUT2D eigenvalue weighted by Gasteiger charge is 2.22. The Morgan fingerprint density at radius 1 is 0.971 bits per heavy atom. The molecule has 1 saturated carbocycles.